The van der Waals surface area contributed by atoms with Crippen molar-refractivity contribution in [3.05, 3.63) is 27.4 Å². The molecule has 1 aromatic heterocycles. The van der Waals surface area contributed by atoms with Crippen LogP contribution in [-0.2, 0) is 0 Å². The maximum absolute atomic E-state index is 10.9. The third-order valence-corrected chi connectivity index (χ3v) is 3.61. The molecule has 5 nitrogen and oxygen atoms in total. The van der Waals surface area contributed by atoms with Crippen molar-refractivity contribution in [1.29, 1.82) is 0 Å². The zero-order valence-electron chi connectivity index (χ0n) is 10.2. The van der Waals surface area contributed by atoms with E-state index >= 15 is 0 Å². The van der Waals surface area contributed by atoms with Gasteiger partial charge in [-0.15, -0.1) is 0 Å². The van der Waals surface area contributed by atoms with Gasteiger partial charge in [0.05, 0.1) is 4.92 Å². The molecule has 1 N–H and O–H groups in total. The summed E-state index contributed by atoms with van der Waals surface area (Å²) in [6.45, 7) is 2.96. The molecule has 0 saturated heterocycles. The number of nitrogens with one attached hydrogen (secondary N) is 1. The largest absolute Gasteiger partial charge is 0.364 e. The van der Waals surface area contributed by atoms with Gasteiger partial charge in [-0.25, -0.2) is 4.98 Å². The Morgan fingerprint density at radius 3 is 2.94 bits per heavy atom. The zero-order chi connectivity index (χ0) is 13.1. The Morgan fingerprint density at radius 1 is 1.56 bits per heavy atom. The van der Waals surface area contributed by atoms with Crippen molar-refractivity contribution in [2.24, 2.45) is 11.8 Å². The lowest BCUT2D eigenvalue weighted by Crippen LogP contribution is -2.13. The lowest BCUT2D eigenvalue weighted by atomic mass is 10.1. The number of nitro groups is 1. The lowest BCUT2D eigenvalue weighted by molar-refractivity contribution is -0.384. The summed E-state index contributed by atoms with van der Waals surface area (Å²) in [6.07, 6.45) is 3.57. The molecule has 0 amide bonds. The molecular weight excluding hydrogens is 254 g/mol. The van der Waals surface area contributed by atoms with E-state index in [0.29, 0.717) is 5.92 Å². The molecule has 1 fully saturated rings. The first kappa shape index (κ1) is 13.1. The van der Waals surface area contributed by atoms with Gasteiger partial charge in [-0.1, -0.05) is 24.9 Å². The number of hydrogen-bond acceptors (Lipinski definition) is 4. The number of pyridine rings is 1. The molecule has 6 heteroatoms. The SMILES string of the molecule is CC1CCC(CNc2nc(Cl)ccc2[N+](=O)[O-])C1. The Hall–Kier alpha value is -1.36. The van der Waals surface area contributed by atoms with Gasteiger partial charge in [0.2, 0.25) is 5.82 Å². The van der Waals surface area contributed by atoms with Crippen LogP contribution in [0.4, 0.5) is 11.5 Å². The molecule has 0 aliphatic heterocycles. The van der Waals surface area contributed by atoms with Crippen LogP contribution in [0.2, 0.25) is 5.15 Å². The first-order valence-electron chi connectivity index (χ1n) is 6.11. The Balaban J connectivity index is 2.04. The summed E-state index contributed by atoms with van der Waals surface area (Å²) in [5, 5.41) is 14.2. The Bertz CT molecular complexity index is 453. The molecule has 1 aliphatic rings. The fraction of sp³-hybridized carbons (Fsp3) is 0.583. The standard InChI is InChI=1S/C12H16ClN3O2/c1-8-2-3-9(6-8)7-14-12-10(16(17)18)4-5-11(13)15-12/h4-5,8-9H,2-3,6-7H2,1H3,(H,14,15). The average molecular weight is 270 g/mol. The molecule has 0 spiro atoms. The molecule has 1 aliphatic carbocycles. The van der Waals surface area contributed by atoms with Crippen LogP contribution >= 0.6 is 11.6 Å². The highest BCUT2D eigenvalue weighted by Gasteiger charge is 2.22. The highest BCUT2D eigenvalue weighted by molar-refractivity contribution is 6.29. The Morgan fingerprint density at radius 2 is 2.33 bits per heavy atom. The van der Waals surface area contributed by atoms with Crippen molar-refractivity contribution in [2.75, 3.05) is 11.9 Å². The predicted molar refractivity (Wildman–Crippen MR) is 70.9 cm³/mol. The van der Waals surface area contributed by atoms with Gasteiger partial charge in [0.15, 0.2) is 0 Å². The number of halogens is 1. The molecule has 0 bridgehead atoms. The van der Waals surface area contributed by atoms with E-state index < -0.39 is 4.92 Å². The predicted octanol–water partition coefficient (Wildman–Crippen LogP) is 3.49. The molecule has 0 aromatic carbocycles. The van der Waals surface area contributed by atoms with Crippen LogP contribution in [-0.4, -0.2) is 16.5 Å². The maximum Gasteiger partial charge on any atom is 0.311 e. The summed E-state index contributed by atoms with van der Waals surface area (Å²) < 4.78 is 0. The van der Waals surface area contributed by atoms with Gasteiger partial charge in [-0.05, 0) is 30.7 Å². The average Bonchev–Trinajstić information content (AvgIpc) is 2.72. The minimum atomic E-state index is -0.442. The number of rotatable bonds is 4. The minimum Gasteiger partial charge on any atom is -0.364 e. The number of anilines is 1. The highest BCUT2D eigenvalue weighted by Crippen LogP contribution is 2.31. The molecule has 1 saturated carbocycles. The van der Waals surface area contributed by atoms with Gasteiger partial charge in [0.25, 0.3) is 0 Å². The number of aromatic nitrogens is 1. The molecule has 1 heterocycles. The number of hydrogen-bond donors (Lipinski definition) is 1. The van der Waals surface area contributed by atoms with Gasteiger partial charge in [0.1, 0.15) is 5.15 Å². The van der Waals surface area contributed by atoms with Gasteiger partial charge < -0.3 is 5.32 Å². The second-order valence-corrected chi connectivity index (χ2v) is 5.31. The van der Waals surface area contributed by atoms with E-state index in [4.69, 9.17) is 11.6 Å². The molecular formula is C12H16ClN3O2. The van der Waals surface area contributed by atoms with Gasteiger partial charge >= 0.3 is 5.69 Å². The van der Waals surface area contributed by atoms with Crippen LogP contribution in [0.15, 0.2) is 12.1 Å². The van der Waals surface area contributed by atoms with E-state index in [1.54, 1.807) is 0 Å². The van der Waals surface area contributed by atoms with E-state index in [0.717, 1.165) is 12.5 Å². The molecule has 0 radical (unpaired) electrons. The fourth-order valence-electron chi connectivity index (χ4n) is 2.46. The topological polar surface area (TPSA) is 68.1 Å². The second kappa shape index (κ2) is 5.52. The summed E-state index contributed by atoms with van der Waals surface area (Å²) in [4.78, 5) is 14.4. The van der Waals surface area contributed by atoms with Crippen molar-refractivity contribution < 1.29 is 4.92 Å². The molecule has 18 heavy (non-hydrogen) atoms. The molecule has 98 valence electrons. The maximum atomic E-state index is 10.9. The summed E-state index contributed by atoms with van der Waals surface area (Å²) in [6, 6.07) is 2.82. The van der Waals surface area contributed by atoms with E-state index in [2.05, 4.69) is 17.2 Å². The van der Waals surface area contributed by atoms with E-state index in [9.17, 15) is 10.1 Å². The van der Waals surface area contributed by atoms with Crippen LogP contribution in [0, 0.1) is 22.0 Å². The summed E-state index contributed by atoms with van der Waals surface area (Å²) >= 11 is 5.77. The van der Waals surface area contributed by atoms with Crippen molar-refractivity contribution in [2.45, 2.75) is 26.2 Å². The monoisotopic (exact) mass is 269 g/mol. The molecule has 2 atom stereocenters. The molecule has 2 unspecified atom stereocenters. The van der Waals surface area contributed by atoms with E-state index in [1.807, 2.05) is 0 Å². The van der Waals surface area contributed by atoms with Crippen LogP contribution in [0.5, 0.6) is 0 Å². The van der Waals surface area contributed by atoms with Crippen LogP contribution in [0.25, 0.3) is 0 Å². The fourth-order valence-corrected chi connectivity index (χ4v) is 2.60. The first-order valence-corrected chi connectivity index (χ1v) is 6.49. The highest BCUT2D eigenvalue weighted by atomic mass is 35.5. The van der Waals surface area contributed by atoms with Crippen molar-refractivity contribution in [1.82, 2.24) is 4.98 Å². The summed E-state index contributed by atoms with van der Waals surface area (Å²) in [7, 11) is 0. The lowest BCUT2D eigenvalue weighted by Gasteiger charge is -2.11. The van der Waals surface area contributed by atoms with Gasteiger partial charge in [-0.2, -0.15) is 0 Å². The van der Waals surface area contributed by atoms with Crippen molar-refractivity contribution >= 4 is 23.1 Å². The minimum absolute atomic E-state index is 0.0227. The van der Waals surface area contributed by atoms with Crippen molar-refractivity contribution in [3.8, 4) is 0 Å². The van der Waals surface area contributed by atoms with Crippen LogP contribution in [0.1, 0.15) is 26.2 Å². The van der Waals surface area contributed by atoms with Gasteiger partial charge in [0, 0.05) is 12.6 Å². The Kier molecular flexibility index (Phi) is 4.01. The third-order valence-electron chi connectivity index (χ3n) is 3.40. The van der Waals surface area contributed by atoms with Crippen LogP contribution in [0.3, 0.4) is 0 Å². The summed E-state index contributed by atoms with van der Waals surface area (Å²) in [5.41, 5.74) is -0.0227. The summed E-state index contributed by atoms with van der Waals surface area (Å²) in [5.74, 6) is 1.59. The van der Waals surface area contributed by atoms with E-state index in [-0.39, 0.29) is 16.7 Å². The molecule has 2 rings (SSSR count). The quantitative estimate of drug-likeness (QED) is 0.516. The Labute approximate surface area is 111 Å². The van der Waals surface area contributed by atoms with Crippen LogP contribution < -0.4 is 5.32 Å². The molecule has 1 aromatic rings. The van der Waals surface area contributed by atoms with Crippen molar-refractivity contribution in [3.63, 3.8) is 0 Å². The van der Waals surface area contributed by atoms with E-state index in [1.165, 1.54) is 31.4 Å². The zero-order valence-corrected chi connectivity index (χ0v) is 11.0. The third kappa shape index (κ3) is 3.10. The smallest absolute Gasteiger partial charge is 0.311 e. The normalized spacial score (nSPS) is 23.0. The van der Waals surface area contributed by atoms with Gasteiger partial charge in [-0.3, -0.25) is 10.1 Å². The first-order chi connectivity index (χ1) is 8.56. The number of nitrogens with zero attached hydrogens (tertiary/aromatic N) is 2. The second-order valence-electron chi connectivity index (χ2n) is 4.92.